The van der Waals surface area contributed by atoms with Gasteiger partial charge in [-0.15, -0.1) is 0 Å². The lowest BCUT2D eigenvalue weighted by molar-refractivity contribution is 0.113. The number of nitrogens with one attached hydrogen (secondary N) is 1. The number of hydrogen-bond acceptors (Lipinski definition) is 3. The maximum absolute atomic E-state index is 4.42. The molecule has 4 heteroatoms. The number of rotatable bonds is 4. The van der Waals surface area contributed by atoms with Crippen LogP contribution in [0.3, 0.4) is 0 Å². The first kappa shape index (κ1) is 15.5. The van der Waals surface area contributed by atoms with Crippen molar-refractivity contribution in [3.8, 4) is 0 Å². The Bertz CT molecular complexity index is 418. The molecule has 1 aliphatic rings. The highest BCUT2D eigenvalue weighted by Gasteiger charge is 2.36. The normalized spacial score (nSPS) is 27.8. The summed E-state index contributed by atoms with van der Waals surface area (Å²) >= 11 is 0. The first-order valence-electron chi connectivity index (χ1n) is 7.98. The van der Waals surface area contributed by atoms with Gasteiger partial charge in [-0.25, -0.2) is 4.98 Å². The van der Waals surface area contributed by atoms with Crippen LogP contribution in [0.1, 0.15) is 52.8 Å². The van der Waals surface area contributed by atoms with Gasteiger partial charge in [-0.1, -0.05) is 27.7 Å². The zero-order chi connectivity index (χ0) is 14.8. The summed E-state index contributed by atoms with van der Waals surface area (Å²) in [5.41, 5.74) is 0.412. The predicted octanol–water partition coefficient (Wildman–Crippen LogP) is 2.80. The molecule has 4 nitrogen and oxygen atoms in total. The Morgan fingerprint density at radius 2 is 2.10 bits per heavy atom. The van der Waals surface area contributed by atoms with Crippen molar-refractivity contribution >= 4 is 0 Å². The lowest BCUT2D eigenvalue weighted by atomic mass is 9.67. The minimum absolute atomic E-state index is 0.412. The molecular weight excluding hydrogens is 248 g/mol. The van der Waals surface area contributed by atoms with Crippen molar-refractivity contribution in [3.05, 3.63) is 12.2 Å². The predicted molar refractivity (Wildman–Crippen MR) is 82.5 cm³/mol. The molecule has 0 radical (unpaired) electrons. The largest absolute Gasteiger partial charge is 0.314 e. The van der Waals surface area contributed by atoms with E-state index in [0.29, 0.717) is 17.4 Å². The van der Waals surface area contributed by atoms with E-state index >= 15 is 0 Å². The zero-order valence-electron chi connectivity index (χ0n) is 13.7. The fraction of sp³-hybridized carbons (Fsp3) is 0.875. The van der Waals surface area contributed by atoms with Crippen molar-refractivity contribution in [2.45, 2.75) is 59.4 Å². The molecule has 1 fully saturated rings. The van der Waals surface area contributed by atoms with E-state index in [4.69, 9.17) is 0 Å². The maximum atomic E-state index is 4.42. The first-order valence-corrected chi connectivity index (χ1v) is 7.98. The fourth-order valence-electron chi connectivity index (χ4n) is 3.55. The molecule has 1 aliphatic carbocycles. The van der Waals surface area contributed by atoms with Crippen molar-refractivity contribution in [2.24, 2.45) is 24.3 Å². The molecule has 0 saturated heterocycles. The SMILES string of the molecule is CCNC1CCC(C(C)(C)C)CC1Cc1ncnn1C. The van der Waals surface area contributed by atoms with Gasteiger partial charge in [0.15, 0.2) is 0 Å². The van der Waals surface area contributed by atoms with E-state index < -0.39 is 0 Å². The Labute approximate surface area is 123 Å². The Kier molecular flexibility index (Phi) is 4.84. The van der Waals surface area contributed by atoms with E-state index in [1.54, 1.807) is 6.33 Å². The van der Waals surface area contributed by atoms with Crippen LogP contribution in [0.2, 0.25) is 0 Å². The second kappa shape index (κ2) is 6.25. The van der Waals surface area contributed by atoms with Gasteiger partial charge in [-0.3, -0.25) is 4.68 Å². The van der Waals surface area contributed by atoms with Crippen molar-refractivity contribution in [3.63, 3.8) is 0 Å². The summed E-state index contributed by atoms with van der Waals surface area (Å²) in [5, 5.41) is 7.89. The summed E-state index contributed by atoms with van der Waals surface area (Å²) in [4.78, 5) is 4.42. The van der Waals surface area contributed by atoms with E-state index in [-0.39, 0.29) is 0 Å². The van der Waals surface area contributed by atoms with Crippen LogP contribution in [0.15, 0.2) is 6.33 Å². The molecule has 3 atom stereocenters. The van der Waals surface area contributed by atoms with Crippen molar-refractivity contribution in [1.29, 1.82) is 0 Å². The van der Waals surface area contributed by atoms with Crippen LogP contribution in [-0.4, -0.2) is 27.4 Å². The van der Waals surface area contributed by atoms with Gasteiger partial charge in [-0.05, 0) is 43.1 Å². The van der Waals surface area contributed by atoms with Gasteiger partial charge in [0.05, 0.1) is 0 Å². The number of nitrogens with zero attached hydrogens (tertiary/aromatic N) is 3. The van der Waals surface area contributed by atoms with Crippen LogP contribution < -0.4 is 5.32 Å². The van der Waals surface area contributed by atoms with Gasteiger partial charge in [0.1, 0.15) is 12.2 Å². The molecule has 3 unspecified atom stereocenters. The smallest absolute Gasteiger partial charge is 0.138 e. The second-order valence-corrected chi connectivity index (χ2v) is 7.30. The van der Waals surface area contributed by atoms with Crippen LogP contribution in [0, 0.1) is 17.3 Å². The molecule has 1 aromatic heterocycles. The summed E-state index contributed by atoms with van der Waals surface area (Å²) in [6.45, 7) is 10.4. The van der Waals surface area contributed by atoms with E-state index in [0.717, 1.165) is 24.7 Å². The zero-order valence-corrected chi connectivity index (χ0v) is 13.7. The van der Waals surface area contributed by atoms with Crippen molar-refractivity contribution in [2.75, 3.05) is 6.54 Å². The van der Waals surface area contributed by atoms with Crippen molar-refractivity contribution in [1.82, 2.24) is 20.1 Å². The molecule has 1 saturated carbocycles. The second-order valence-electron chi connectivity index (χ2n) is 7.30. The number of hydrogen-bond donors (Lipinski definition) is 1. The minimum atomic E-state index is 0.412. The fourth-order valence-corrected chi connectivity index (χ4v) is 3.55. The Morgan fingerprint density at radius 3 is 2.65 bits per heavy atom. The van der Waals surface area contributed by atoms with Crippen LogP contribution in [0.25, 0.3) is 0 Å². The lowest BCUT2D eigenvalue weighted by Gasteiger charge is -2.42. The molecule has 1 aromatic rings. The van der Waals surface area contributed by atoms with Gasteiger partial charge in [0.2, 0.25) is 0 Å². The van der Waals surface area contributed by atoms with Crippen LogP contribution in [0.5, 0.6) is 0 Å². The molecule has 0 bridgehead atoms. The molecule has 0 spiro atoms. The average molecular weight is 278 g/mol. The van der Waals surface area contributed by atoms with Gasteiger partial charge in [-0.2, -0.15) is 5.10 Å². The monoisotopic (exact) mass is 278 g/mol. The Hall–Kier alpha value is -0.900. The quantitative estimate of drug-likeness (QED) is 0.921. The topological polar surface area (TPSA) is 42.7 Å². The van der Waals surface area contributed by atoms with Gasteiger partial charge in [0, 0.05) is 19.5 Å². The van der Waals surface area contributed by atoms with Crippen LogP contribution in [-0.2, 0) is 13.5 Å². The number of aryl methyl sites for hydroxylation is 1. The molecule has 1 N–H and O–H groups in total. The molecule has 2 rings (SSSR count). The summed E-state index contributed by atoms with van der Waals surface area (Å²) in [7, 11) is 1.99. The molecule has 0 amide bonds. The summed E-state index contributed by atoms with van der Waals surface area (Å²) in [6.07, 6.45) is 6.64. The van der Waals surface area contributed by atoms with E-state index in [1.165, 1.54) is 19.3 Å². The Morgan fingerprint density at radius 1 is 1.35 bits per heavy atom. The maximum Gasteiger partial charge on any atom is 0.138 e. The molecule has 114 valence electrons. The molecule has 0 aromatic carbocycles. The summed E-state index contributed by atoms with van der Waals surface area (Å²) in [6, 6.07) is 0.635. The van der Waals surface area contributed by atoms with Gasteiger partial charge >= 0.3 is 0 Å². The molecule has 0 aliphatic heterocycles. The van der Waals surface area contributed by atoms with Crippen LogP contribution in [0.4, 0.5) is 0 Å². The van der Waals surface area contributed by atoms with Crippen molar-refractivity contribution < 1.29 is 0 Å². The third-order valence-corrected chi connectivity index (χ3v) is 4.92. The molecule has 20 heavy (non-hydrogen) atoms. The Balaban J connectivity index is 2.08. The highest BCUT2D eigenvalue weighted by atomic mass is 15.3. The van der Waals surface area contributed by atoms with Gasteiger partial charge < -0.3 is 5.32 Å². The molecule has 1 heterocycles. The standard InChI is InChI=1S/C16H30N4/c1-6-17-14-8-7-13(16(2,3)4)9-12(14)10-15-18-11-19-20(15)5/h11-14,17H,6-10H2,1-5H3. The minimum Gasteiger partial charge on any atom is -0.314 e. The van der Waals surface area contributed by atoms with E-state index in [9.17, 15) is 0 Å². The molecular formula is C16H30N4. The van der Waals surface area contributed by atoms with Gasteiger partial charge in [0.25, 0.3) is 0 Å². The highest BCUT2D eigenvalue weighted by Crippen LogP contribution is 2.41. The average Bonchev–Trinajstić information content (AvgIpc) is 2.76. The number of aromatic nitrogens is 3. The summed E-state index contributed by atoms with van der Waals surface area (Å²) < 4.78 is 1.92. The highest BCUT2D eigenvalue weighted by molar-refractivity contribution is 4.95. The van der Waals surface area contributed by atoms with Crippen LogP contribution >= 0.6 is 0 Å². The third-order valence-electron chi connectivity index (χ3n) is 4.92. The summed E-state index contributed by atoms with van der Waals surface area (Å²) in [5.74, 6) is 2.61. The van der Waals surface area contributed by atoms with E-state index in [2.05, 4.69) is 43.1 Å². The van der Waals surface area contributed by atoms with E-state index in [1.807, 2.05) is 11.7 Å². The lowest BCUT2D eigenvalue weighted by Crippen LogP contribution is -2.44. The first-order chi connectivity index (χ1) is 9.41. The third kappa shape index (κ3) is 3.60.